The fourth-order valence-corrected chi connectivity index (χ4v) is 2.42. The third kappa shape index (κ3) is 4.71. The number of hydrogen-bond acceptors (Lipinski definition) is 3. The average molecular weight is 351 g/mol. The summed E-state index contributed by atoms with van der Waals surface area (Å²) in [5.41, 5.74) is 11.5. The normalized spacial score (nSPS) is 16.5. The zero-order valence-electron chi connectivity index (χ0n) is 14.2. The van der Waals surface area contributed by atoms with Crippen molar-refractivity contribution in [3.05, 3.63) is 53.3 Å². The van der Waals surface area contributed by atoms with Gasteiger partial charge >= 0.3 is 5.71 Å². The van der Waals surface area contributed by atoms with Crippen LogP contribution in [0.4, 0.5) is 0 Å². The molecule has 24 heavy (non-hydrogen) atoms. The van der Waals surface area contributed by atoms with Crippen molar-refractivity contribution in [2.24, 2.45) is 0 Å². The molecule has 0 saturated carbocycles. The standard InChI is InChI=1S/C18H22N2O3.ClH/c1-4-21-14-9-7-13(8-10-14)15-11-18(23-6-3)16(20-19)12-17(15)22-5-2;/h7-12,18H,4-6H2,1-3H3;1H. The zero-order chi connectivity index (χ0) is 16.7. The summed E-state index contributed by atoms with van der Waals surface area (Å²) in [6.07, 6.45) is 3.24. The lowest BCUT2D eigenvalue weighted by molar-refractivity contribution is -0.0220. The van der Waals surface area contributed by atoms with E-state index in [4.69, 9.17) is 14.2 Å². The summed E-state index contributed by atoms with van der Waals surface area (Å²) in [7, 11) is 0. The fourth-order valence-electron chi connectivity index (χ4n) is 2.42. The van der Waals surface area contributed by atoms with E-state index in [0.29, 0.717) is 31.3 Å². The molecule has 1 aromatic carbocycles. The maximum atomic E-state index is 9.19. The van der Waals surface area contributed by atoms with Crippen LogP contribution in [0.3, 0.4) is 0 Å². The van der Waals surface area contributed by atoms with Gasteiger partial charge in [0.2, 0.25) is 0 Å². The summed E-state index contributed by atoms with van der Waals surface area (Å²) < 4.78 is 16.8. The third-order valence-corrected chi connectivity index (χ3v) is 3.39. The first-order valence-electron chi connectivity index (χ1n) is 7.86. The molecule has 0 aromatic heterocycles. The number of halogens is 1. The van der Waals surface area contributed by atoms with Crippen molar-refractivity contribution in [1.29, 1.82) is 0 Å². The van der Waals surface area contributed by atoms with Gasteiger partial charge in [0, 0.05) is 12.2 Å². The lowest BCUT2D eigenvalue weighted by atomic mass is 9.95. The Hall–Kier alpha value is -2.07. The van der Waals surface area contributed by atoms with Gasteiger partial charge in [-0.1, -0.05) is 12.1 Å². The van der Waals surface area contributed by atoms with Crippen LogP contribution in [0.5, 0.6) is 5.75 Å². The molecule has 0 radical (unpaired) electrons. The summed E-state index contributed by atoms with van der Waals surface area (Å²) >= 11 is 0. The van der Waals surface area contributed by atoms with Crippen molar-refractivity contribution in [1.82, 2.24) is 0 Å². The Morgan fingerprint density at radius 2 is 1.67 bits per heavy atom. The van der Waals surface area contributed by atoms with Gasteiger partial charge < -0.3 is 19.7 Å². The van der Waals surface area contributed by atoms with Crippen molar-refractivity contribution >= 4 is 23.7 Å². The van der Waals surface area contributed by atoms with E-state index in [2.05, 4.69) is 4.79 Å². The monoisotopic (exact) mass is 350 g/mol. The lowest BCUT2D eigenvalue weighted by Crippen LogP contribution is -2.26. The SMILES string of the molecule is CCOC1=CC(=[N+]=[N-])C(OCC)C=C1c1ccc(OCC)cc1.Cl. The topological polar surface area (TPSA) is 64.1 Å². The predicted octanol–water partition coefficient (Wildman–Crippen LogP) is 3.90. The van der Waals surface area contributed by atoms with Gasteiger partial charge in [0.1, 0.15) is 11.5 Å². The van der Waals surface area contributed by atoms with Crippen molar-refractivity contribution in [2.45, 2.75) is 26.9 Å². The molecule has 2 rings (SSSR count). The van der Waals surface area contributed by atoms with Crippen molar-refractivity contribution < 1.29 is 19.0 Å². The van der Waals surface area contributed by atoms with Gasteiger partial charge in [0.05, 0.1) is 19.3 Å². The molecule has 0 aliphatic heterocycles. The lowest BCUT2D eigenvalue weighted by Gasteiger charge is -2.20. The minimum Gasteiger partial charge on any atom is -0.494 e. The molecule has 5 nitrogen and oxygen atoms in total. The predicted molar refractivity (Wildman–Crippen MR) is 96.6 cm³/mol. The first-order chi connectivity index (χ1) is 11.2. The quantitative estimate of drug-likeness (QED) is 0.553. The van der Waals surface area contributed by atoms with Gasteiger partial charge in [-0.05, 0) is 44.5 Å². The van der Waals surface area contributed by atoms with Gasteiger partial charge in [0.25, 0.3) is 0 Å². The number of rotatable bonds is 7. The Balaban J connectivity index is 0.00000288. The minimum absolute atomic E-state index is 0. The van der Waals surface area contributed by atoms with Crippen LogP contribution >= 0.6 is 12.4 Å². The average Bonchev–Trinajstić information content (AvgIpc) is 2.57. The van der Waals surface area contributed by atoms with Crippen LogP contribution in [0, 0.1) is 0 Å². The third-order valence-electron chi connectivity index (χ3n) is 3.39. The summed E-state index contributed by atoms with van der Waals surface area (Å²) in [5.74, 6) is 1.49. The molecule has 1 aliphatic rings. The first-order valence-corrected chi connectivity index (χ1v) is 7.86. The van der Waals surface area contributed by atoms with Crippen molar-refractivity contribution in [2.75, 3.05) is 19.8 Å². The second-order valence-corrected chi connectivity index (χ2v) is 4.88. The van der Waals surface area contributed by atoms with Crippen LogP contribution in [-0.2, 0) is 9.47 Å². The van der Waals surface area contributed by atoms with Gasteiger partial charge in [-0.3, -0.25) is 0 Å². The van der Waals surface area contributed by atoms with Crippen molar-refractivity contribution in [3.63, 3.8) is 0 Å². The highest BCUT2D eigenvalue weighted by molar-refractivity contribution is 6.03. The van der Waals surface area contributed by atoms with Crippen LogP contribution in [0.25, 0.3) is 11.1 Å². The summed E-state index contributed by atoms with van der Waals surface area (Å²) in [6.45, 7) is 7.46. The molecule has 1 aromatic rings. The molecule has 0 bridgehead atoms. The van der Waals surface area contributed by atoms with E-state index in [1.807, 2.05) is 51.1 Å². The molecule has 130 valence electrons. The van der Waals surface area contributed by atoms with Crippen LogP contribution in [-0.4, -0.2) is 36.4 Å². The van der Waals surface area contributed by atoms with E-state index >= 15 is 0 Å². The van der Waals surface area contributed by atoms with E-state index < -0.39 is 6.10 Å². The number of benzene rings is 1. The van der Waals surface area contributed by atoms with Gasteiger partial charge in [0.15, 0.2) is 6.10 Å². The largest absolute Gasteiger partial charge is 0.494 e. The number of hydrogen-bond donors (Lipinski definition) is 0. The summed E-state index contributed by atoms with van der Waals surface area (Å²) in [4.78, 5) is 3.32. The summed E-state index contributed by atoms with van der Waals surface area (Å²) in [6, 6.07) is 7.81. The Bertz CT molecular complexity index is 647. The maximum absolute atomic E-state index is 9.19. The van der Waals surface area contributed by atoms with Gasteiger partial charge in [-0.15, -0.1) is 12.4 Å². The number of allylic oxidation sites excluding steroid dienone is 1. The van der Waals surface area contributed by atoms with Crippen LogP contribution in [0.15, 0.2) is 42.2 Å². The Morgan fingerprint density at radius 1 is 1.00 bits per heavy atom. The molecule has 0 saturated heterocycles. The van der Waals surface area contributed by atoms with Gasteiger partial charge in [-0.25, -0.2) is 0 Å². The van der Waals surface area contributed by atoms with E-state index in [9.17, 15) is 5.53 Å². The molecule has 1 unspecified atom stereocenters. The van der Waals surface area contributed by atoms with E-state index in [1.165, 1.54) is 0 Å². The first kappa shape index (κ1) is 20.0. The molecule has 0 heterocycles. The second-order valence-electron chi connectivity index (χ2n) is 4.88. The number of nitrogens with zero attached hydrogens (tertiary/aromatic N) is 2. The maximum Gasteiger partial charge on any atom is 0.328 e. The van der Waals surface area contributed by atoms with E-state index in [0.717, 1.165) is 16.9 Å². The second kappa shape index (κ2) is 9.93. The smallest absolute Gasteiger partial charge is 0.328 e. The van der Waals surface area contributed by atoms with E-state index in [-0.39, 0.29) is 12.4 Å². The van der Waals surface area contributed by atoms with Crippen LogP contribution in [0.2, 0.25) is 0 Å². The van der Waals surface area contributed by atoms with Crippen LogP contribution in [0.1, 0.15) is 26.3 Å². The van der Waals surface area contributed by atoms with Crippen LogP contribution < -0.4 is 4.74 Å². The van der Waals surface area contributed by atoms with E-state index in [1.54, 1.807) is 6.08 Å². The molecular weight excluding hydrogens is 328 g/mol. The molecule has 0 fully saturated rings. The Kier molecular flexibility index (Phi) is 8.27. The molecular formula is C18H23ClN2O3. The molecule has 0 spiro atoms. The van der Waals surface area contributed by atoms with Gasteiger partial charge in [-0.2, -0.15) is 4.79 Å². The highest BCUT2D eigenvalue weighted by Gasteiger charge is 2.29. The molecule has 1 atom stereocenters. The minimum atomic E-state index is -0.393. The fraction of sp³-hybridized carbons (Fsp3) is 0.389. The highest BCUT2D eigenvalue weighted by atomic mass is 35.5. The molecule has 1 aliphatic carbocycles. The van der Waals surface area contributed by atoms with Crippen molar-refractivity contribution in [3.8, 4) is 5.75 Å². The molecule has 0 N–H and O–H groups in total. The number of ether oxygens (including phenoxy) is 3. The zero-order valence-corrected chi connectivity index (χ0v) is 15.0. The molecule has 6 heteroatoms. The molecule has 0 amide bonds. The highest BCUT2D eigenvalue weighted by Crippen LogP contribution is 2.30. The Labute approximate surface area is 149 Å². The summed E-state index contributed by atoms with van der Waals surface area (Å²) in [5, 5.41) is 0. The Morgan fingerprint density at radius 3 is 2.21 bits per heavy atom.